The molecule has 0 saturated heterocycles. The minimum atomic E-state index is -0.485. The van der Waals surface area contributed by atoms with Crippen molar-refractivity contribution in [3.8, 4) is 0 Å². The number of aromatic nitrogens is 1. The third-order valence-electron chi connectivity index (χ3n) is 2.51. The summed E-state index contributed by atoms with van der Waals surface area (Å²) in [6.07, 6.45) is 0.668. The molecule has 0 bridgehead atoms. The minimum Gasteiger partial charge on any atom is -0.441 e. The molecule has 2 aromatic rings. The highest BCUT2D eigenvalue weighted by Crippen LogP contribution is 2.23. The number of halogens is 2. The summed E-state index contributed by atoms with van der Waals surface area (Å²) in [7, 11) is 0. The first kappa shape index (κ1) is 12.3. The molecule has 0 radical (unpaired) electrons. The van der Waals surface area contributed by atoms with E-state index in [-0.39, 0.29) is 11.1 Å². The molecule has 1 unspecified atom stereocenters. The van der Waals surface area contributed by atoms with Crippen LogP contribution < -0.4 is 5.32 Å². The van der Waals surface area contributed by atoms with Crippen LogP contribution in [0.2, 0.25) is 5.02 Å². The number of nitrogens with one attached hydrogen (secondary N) is 1. The molecule has 2 rings (SSSR count). The molecule has 1 aromatic carbocycles. The molecule has 1 aromatic heterocycles. The molecule has 0 fully saturated rings. The Morgan fingerprint density at radius 1 is 1.53 bits per heavy atom. The Hall–Kier alpha value is -1.13. The van der Waals surface area contributed by atoms with E-state index >= 15 is 0 Å². The van der Waals surface area contributed by atoms with Crippen molar-refractivity contribution in [2.24, 2.45) is 0 Å². The average Bonchev–Trinajstić information content (AvgIpc) is 2.60. The van der Waals surface area contributed by atoms with E-state index in [4.69, 9.17) is 16.0 Å². The van der Waals surface area contributed by atoms with Crippen LogP contribution in [0.25, 0.3) is 11.1 Å². The molecule has 1 atom stereocenters. The van der Waals surface area contributed by atoms with Gasteiger partial charge in [0.2, 0.25) is 0 Å². The molecule has 1 heterocycles. The molecule has 0 spiro atoms. The summed E-state index contributed by atoms with van der Waals surface area (Å²) in [4.78, 5) is 4.28. The third kappa shape index (κ3) is 2.76. The van der Waals surface area contributed by atoms with Gasteiger partial charge in [-0.3, -0.25) is 0 Å². The van der Waals surface area contributed by atoms with Gasteiger partial charge >= 0.3 is 0 Å². The quantitative estimate of drug-likeness (QED) is 0.913. The second-order valence-corrected chi connectivity index (χ2v) is 4.41. The maximum Gasteiger partial charge on any atom is 0.197 e. The van der Waals surface area contributed by atoms with E-state index in [1.807, 2.05) is 13.8 Å². The second-order valence-electron chi connectivity index (χ2n) is 4.00. The Morgan fingerprint density at radius 3 is 3.00 bits per heavy atom. The zero-order valence-corrected chi connectivity index (χ0v) is 10.5. The van der Waals surface area contributed by atoms with Gasteiger partial charge in [0, 0.05) is 18.5 Å². The lowest BCUT2D eigenvalue weighted by Crippen LogP contribution is -2.27. The maximum atomic E-state index is 13.2. The molecule has 1 N–H and O–H groups in total. The molecule has 17 heavy (non-hydrogen) atoms. The summed E-state index contributed by atoms with van der Waals surface area (Å²) in [5.74, 6) is 0.108. The maximum absolute atomic E-state index is 13.2. The zero-order chi connectivity index (χ0) is 12.4. The lowest BCUT2D eigenvalue weighted by molar-refractivity contribution is 0.468. The Bertz CT molecular complexity index is 487. The van der Waals surface area contributed by atoms with Gasteiger partial charge in [0.05, 0.1) is 5.02 Å². The molecule has 3 nitrogen and oxygen atoms in total. The topological polar surface area (TPSA) is 38.1 Å². The molecule has 0 aliphatic rings. The number of fused-ring (bicyclic) bond motifs is 1. The van der Waals surface area contributed by atoms with Gasteiger partial charge in [0.15, 0.2) is 11.5 Å². The van der Waals surface area contributed by atoms with Gasteiger partial charge in [-0.2, -0.15) is 0 Å². The van der Waals surface area contributed by atoms with Crippen LogP contribution in [0.15, 0.2) is 16.5 Å². The van der Waals surface area contributed by atoms with E-state index in [1.165, 1.54) is 12.1 Å². The normalized spacial score (nSPS) is 13.2. The van der Waals surface area contributed by atoms with Gasteiger partial charge < -0.3 is 9.73 Å². The van der Waals surface area contributed by atoms with E-state index in [0.717, 1.165) is 6.54 Å². The number of rotatable bonds is 4. The van der Waals surface area contributed by atoms with Gasteiger partial charge in [-0.05, 0) is 19.5 Å². The average molecular weight is 257 g/mol. The van der Waals surface area contributed by atoms with Gasteiger partial charge in [0.25, 0.3) is 0 Å². The monoisotopic (exact) mass is 256 g/mol. The van der Waals surface area contributed by atoms with Crippen LogP contribution in [0, 0.1) is 5.82 Å². The van der Waals surface area contributed by atoms with Gasteiger partial charge in [-0.15, -0.1) is 0 Å². The fourth-order valence-electron chi connectivity index (χ4n) is 1.74. The first-order chi connectivity index (χ1) is 8.10. The van der Waals surface area contributed by atoms with E-state index in [1.54, 1.807) is 0 Å². The van der Waals surface area contributed by atoms with Gasteiger partial charge in [0.1, 0.15) is 11.3 Å². The van der Waals surface area contributed by atoms with Crippen LogP contribution in [-0.2, 0) is 6.42 Å². The fraction of sp³-hybridized carbons (Fsp3) is 0.417. The predicted molar refractivity (Wildman–Crippen MR) is 65.8 cm³/mol. The smallest absolute Gasteiger partial charge is 0.197 e. The van der Waals surface area contributed by atoms with Gasteiger partial charge in [-0.1, -0.05) is 18.5 Å². The molecule has 0 saturated carbocycles. The van der Waals surface area contributed by atoms with Crippen molar-refractivity contribution in [2.75, 3.05) is 6.54 Å². The number of nitrogens with zero attached hydrogens (tertiary/aromatic N) is 1. The van der Waals surface area contributed by atoms with Crippen LogP contribution >= 0.6 is 11.6 Å². The first-order valence-corrected chi connectivity index (χ1v) is 5.95. The van der Waals surface area contributed by atoms with Crippen LogP contribution in [-0.4, -0.2) is 17.6 Å². The van der Waals surface area contributed by atoms with Crippen LogP contribution in [0.5, 0.6) is 0 Å². The third-order valence-corrected chi connectivity index (χ3v) is 2.80. The van der Waals surface area contributed by atoms with Crippen molar-refractivity contribution < 1.29 is 8.81 Å². The van der Waals surface area contributed by atoms with Crippen molar-refractivity contribution in [2.45, 2.75) is 26.3 Å². The fourth-order valence-corrected chi connectivity index (χ4v) is 1.90. The number of likely N-dealkylation sites (N-methyl/N-ethyl adjacent to an activating group) is 1. The Morgan fingerprint density at radius 2 is 2.29 bits per heavy atom. The lowest BCUT2D eigenvalue weighted by atomic mass is 10.2. The summed E-state index contributed by atoms with van der Waals surface area (Å²) in [5, 5.41) is 3.33. The Labute approximate surface area is 104 Å². The molecule has 5 heteroatoms. The van der Waals surface area contributed by atoms with E-state index in [2.05, 4.69) is 10.3 Å². The Balaban J connectivity index is 2.25. The molecule has 92 valence electrons. The van der Waals surface area contributed by atoms with E-state index in [9.17, 15) is 4.39 Å². The summed E-state index contributed by atoms with van der Waals surface area (Å²) in [6.45, 7) is 4.98. The van der Waals surface area contributed by atoms with Crippen molar-refractivity contribution in [3.05, 3.63) is 28.9 Å². The van der Waals surface area contributed by atoms with Crippen molar-refractivity contribution in [1.29, 1.82) is 0 Å². The number of benzene rings is 1. The summed E-state index contributed by atoms with van der Waals surface area (Å²) >= 11 is 5.68. The highest BCUT2D eigenvalue weighted by molar-refractivity contribution is 6.31. The van der Waals surface area contributed by atoms with E-state index in [0.29, 0.717) is 23.4 Å². The molecular formula is C12H14ClFN2O. The standard InChI is InChI=1S/C12H14ClFN2O/c1-3-15-7(2)4-12-16-10-5-8(13)9(14)6-11(10)17-12/h5-7,15H,3-4H2,1-2H3. The summed E-state index contributed by atoms with van der Waals surface area (Å²) in [5.41, 5.74) is 1.03. The number of hydrogen-bond donors (Lipinski definition) is 1. The largest absolute Gasteiger partial charge is 0.441 e. The molecule has 0 amide bonds. The number of oxazole rings is 1. The van der Waals surface area contributed by atoms with E-state index < -0.39 is 5.82 Å². The second kappa shape index (κ2) is 5.02. The van der Waals surface area contributed by atoms with Crippen LogP contribution in [0.1, 0.15) is 19.7 Å². The number of hydrogen-bond acceptors (Lipinski definition) is 3. The highest BCUT2D eigenvalue weighted by atomic mass is 35.5. The summed E-state index contributed by atoms with van der Waals surface area (Å²) < 4.78 is 18.7. The predicted octanol–water partition coefficient (Wildman–Crippen LogP) is 3.16. The zero-order valence-electron chi connectivity index (χ0n) is 9.76. The lowest BCUT2D eigenvalue weighted by Gasteiger charge is -2.08. The SMILES string of the molecule is CCNC(C)Cc1nc2cc(Cl)c(F)cc2o1. The summed E-state index contributed by atoms with van der Waals surface area (Å²) in [6, 6.07) is 3.02. The molecule has 0 aliphatic heterocycles. The van der Waals surface area contributed by atoms with Crippen LogP contribution in [0.4, 0.5) is 4.39 Å². The molecular weight excluding hydrogens is 243 g/mol. The van der Waals surface area contributed by atoms with Gasteiger partial charge in [-0.25, -0.2) is 9.37 Å². The van der Waals surface area contributed by atoms with Crippen molar-refractivity contribution >= 4 is 22.7 Å². The molecule has 0 aliphatic carbocycles. The van der Waals surface area contributed by atoms with Crippen molar-refractivity contribution in [3.63, 3.8) is 0 Å². The highest BCUT2D eigenvalue weighted by Gasteiger charge is 2.12. The Kier molecular flexibility index (Phi) is 3.64. The van der Waals surface area contributed by atoms with Crippen molar-refractivity contribution in [1.82, 2.24) is 10.3 Å². The minimum absolute atomic E-state index is 0.0667. The van der Waals surface area contributed by atoms with Crippen LogP contribution in [0.3, 0.4) is 0 Å². The first-order valence-electron chi connectivity index (χ1n) is 5.58.